The third-order valence-corrected chi connectivity index (χ3v) is 8.81. The number of nitro groups is 1. The normalized spacial score (nSPS) is 15.5. The van der Waals surface area contributed by atoms with Crippen molar-refractivity contribution in [1.29, 1.82) is 5.26 Å². The highest BCUT2D eigenvalue weighted by Crippen LogP contribution is 2.44. The topological polar surface area (TPSA) is 220 Å². The average Bonchev–Trinajstić information content (AvgIpc) is 3.43. The first kappa shape index (κ1) is 39.6. The number of nitrogens with one attached hydrogen (secondary N) is 2. The van der Waals surface area contributed by atoms with Gasteiger partial charge in [0.1, 0.15) is 42.6 Å². The summed E-state index contributed by atoms with van der Waals surface area (Å²) in [4.78, 5) is 65.1. The molecule has 0 radical (unpaired) electrons. The maximum Gasteiger partial charge on any atom is 0.337 e. The van der Waals surface area contributed by atoms with Crippen LogP contribution in [0.2, 0.25) is 0 Å². The van der Waals surface area contributed by atoms with Crippen molar-refractivity contribution in [3.8, 4) is 17.6 Å². The van der Waals surface area contributed by atoms with Crippen molar-refractivity contribution in [1.82, 2.24) is 15.5 Å². The zero-order chi connectivity index (χ0) is 39.5. The van der Waals surface area contributed by atoms with E-state index in [1.807, 2.05) is 24.3 Å². The van der Waals surface area contributed by atoms with Crippen molar-refractivity contribution in [2.75, 3.05) is 46.6 Å². The molecule has 0 spiro atoms. The summed E-state index contributed by atoms with van der Waals surface area (Å²) in [5, 5.41) is 38.1. The molecular weight excluding hydrogens is 714 g/mol. The van der Waals surface area contributed by atoms with Crippen LogP contribution in [0.4, 0.5) is 5.69 Å². The van der Waals surface area contributed by atoms with E-state index in [4.69, 9.17) is 18.9 Å². The molecule has 2 aliphatic rings. The largest absolute Gasteiger partial charge is 0.493 e. The Hall–Kier alpha value is -6.57. The number of ether oxygens (including phenoxy) is 4. The molecule has 286 valence electrons. The molecule has 3 N–H and O–H groups in total. The number of amides is 2. The van der Waals surface area contributed by atoms with Crippen LogP contribution in [0.5, 0.6) is 11.5 Å². The van der Waals surface area contributed by atoms with Gasteiger partial charge in [0.15, 0.2) is 0 Å². The van der Waals surface area contributed by atoms with Crippen LogP contribution in [0.25, 0.3) is 0 Å². The van der Waals surface area contributed by atoms with Gasteiger partial charge in [0.2, 0.25) is 0 Å². The number of nitrogens with zero attached hydrogens (tertiary/aromatic N) is 3. The molecular formula is C39H39N5O11. The minimum atomic E-state index is -1.42. The highest BCUT2D eigenvalue weighted by atomic mass is 16.6. The van der Waals surface area contributed by atoms with Gasteiger partial charge < -0.3 is 34.7 Å². The lowest BCUT2D eigenvalue weighted by molar-refractivity contribution is -0.384. The number of non-ortho nitro benzene ring substituents is 1. The number of carbonyl (C=O) groups is 4. The summed E-state index contributed by atoms with van der Waals surface area (Å²) < 4.78 is 22.2. The van der Waals surface area contributed by atoms with E-state index in [-0.39, 0.29) is 70.4 Å². The van der Waals surface area contributed by atoms with Gasteiger partial charge in [-0.15, -0.1) is 0 Å². The van der Waals surface area contributed by atoms with Crippen LogP contribution in [0, 0.1) is 21.4 Å². The number of carbonyl (C=O) groups excluding carboxylic acids is 4. The summed E-state index contributed by atoms with van der Waals surface area (Å²) in [7, 11) is 1.08. The summed E-state index contributed by atoms with van der Waals surface area (Å²) in [6.45, 7) is 1.85. The molecule has 3 aromatic carbocycles. The monoisotopic (exact) mass is 753 g/mol. The van der Waals surface area contributed by atoms with Crippen LogP contribution in [-0.2, 0) is 19.1 Å². The second kappa shape index (κ2) is 18.5. The van der Waals surface area contributed by atoms with E-state index in [1.165, 1.54) is 31.2 Å². The molecule has 2 unspecified atom stereocenters. The van der Waals surface area contributed by atoms with Crippen LogP contribution in [0.1, 0.15) is 52.0 Å². The van der Waals surface area contributed by atoms with Crippen LogP contribution < -0.4 is 20.1 Å². The molecule has 2 heterocycles. The number of unbranched alkanes of at least 4 members (excludes halogenated alkanes) is 1. The van der Waals surface area contributed by atoms with Crippen molar-refractivity contribution in [2.24, 2.45) is 0 Å². The minimum absolute atomic E-state index is 0.0233. The molecule has 0 aliphatic carbocycles. The van der Waals surface area contributed by atoms with E-state index in [1.54, 1.807) is 24.3 Å². The number of hydrogen-bond donors (Lipinski definition) is 3. The Labute approximate surface area is 316 Å². The number of fused-ring (bicyclic) bond motifs is 1. The van der Waals surface area contributed by atoms with E-state index in [0.717, 1.165) is 18.1 Å². The summed E-state index contributed by atoms with van der Waals surface area (Å²) in [6.07, 6.45) is 0.397. The number of aliphatic hydroxyl groups excluding tert-OH is 1. The van der Waals surface area contributed by atoms with Crippen molar-refractivity contribution < 1.29 is 48.2 Å². The summed E-state index contributed by atoms with van der Waals surface area (Å²) >= 11 is 0. The molecule has 0 saturated carbocycles. The quantitative estimate of drug-likeness (QED) is 0.0557. The Kier molecular flexibility index (Phi) is 13.3. The molecule has 0 saturated heterocycles. The number of para-hydroxylation sites is 1. The van der Waals surface area contributed by atoms with Crippen molar-refractivity contribution in [3.05, 3.63) is 122 Å². The van der Waals surface area contributed by atoms with Crippen molar-refractivity contribution >= 4 is 29.4 Å². The fraction of sp³-hybridized carbons (Fsp3) is 0.308. The number of hydrogen-bond acceptors (Lipinski definition) is 14. The fourth-order valence-corrected chi connectivity index (χ4v) is 6.15. The van der Waals surface area contributed by atoms with Gasteiger partial charge in [-0.05, 0) is 56.6 Å². The van der Waals surface area contributed by atoms with Gasteiger partial charge in [0.05, 0.1) is 53.4 Å². The summed E-state index contributed by atoms with van der Waals surface area (Å²) in [5.74, 6) is -3.73. The van der Waals surface area contributed by atoms with Gasteiger partial charge in [0.25, 0.3) is 17.5 Å². The van der Waals surface area contributed by atoms with E-state index >= 15 is 0 Å². The minimum Gasteiger partial charge on any atom is -0.493 e. The predicted octanol–water partition coefficient (Wildman–Crippen LogP) is 3.53. The third kappa shape index (κ3) is 9.33. The van der Waals surface area contributed by atoms with E-state index < -0.39 is 47.3 Å². The van der Waals surface area contributed by atoms with Crippen LogP contribution in [-0.4, -0.2) is 91.4 Å². The Morgan fingerprint density at radius 1 is 0.982 bits per heavy atom. The third-order valence-electron chi connectivity index (χ3n) is 8.81. The van der Waals surface area contributed by atoms with Gasteiger partial charge in [0, 0.05) is 29.9 Å². The molecule has 5 rings (SSSR count). The first-order valence-electron chi connectivity index (χ1n) is 17.4. The Morgan fingerprint density at radius 2 is 1.67 bits per heavy atom. The van der Waals surface area contributed by atoms with E-state index in [0.29, 0.717) is 31.7 Å². The second-order valence-corrected chi connectivity index (χ2v) is 12.4. The average molecular weight is 754 g/mol. The number of rotatable bonds is 18. The maximum atomic E-state index is 13.9. The van der Waals surface area contributed by atoms with Gasteiger partial charge in [-0.1, -0.05) is 30.3 Å². The number of nitro benzene ring substituents is 1. The first-order chi connectivity index (χ1) is 26.5. The number of imide groups is 1. The number of esters is 2. The van der Waals surface area contributed by atoms with Crippen molar-refractivity contribution in [3.63, 3.8) is 0 Å². The maximum absolute atomic E-state index is 13.9. The zero-order valence-electron chi connectivity index (χ0n) is 30.1. The number of nitriles is 1. The lowest BCUT2D eigenvalue weighted by Gasteiger charge is -2.30. The Balaban J connectivity index is 1.30. The number of aliphatic hydroxyl groups is 1. The number of benzene rings is 3. The first-order valence-corrected chi connectivity index (χ1v) is 17.4. The van der Waals surface area contributed by atoms with Crippen LogP contribution in [0.15, 0.2) is 95.3 Å². The molecule has 16 nitrogen and oxygen atoms in total. The number of dihydropyridines is 1. The highest BCUT2D eigenvalue weighted by Gasteiger charge is 2.42. The summed E-state index contributed by atoms with van der Waals surface area (Å²) in [5.41, 5.74) is -0.531. The second-order valence-electron chi connectivity index (χ2n) is 12.4. The fourth-order valence-electron chi connectivity index (χ4n) is 6.15. The highest BCUT2D eigenvalue weighted by molar-refractivity contribution is 6.21. The SMILES string of the molecule is COC(=O)C1=C(C#N)NC(C)=C(C(=O)OCCN2C(=O)c3ccccc3C2=O)C1c1cc([N+](=O)[O-])ccc1OCCCCNCC(O)COc1ccccc1. The van der Waals surface area contributed by atoms with E-state index in [2.05, 4.69) is 10.6 Å². The Morgan fingerprint density at radius 3 is 2.33 bits per heavy atom. The molecule has 0 bridgehead atoms. The molecule has 3 aromatic rings. The Bertz CT molecular complexity index is 2020. The molecule has 55 heavy (non-hydrogen) atoms. The standard InChI is InChI=1S/C39H39N5O11/c1-24-33(39(49)54-19-17-43-36(46)28-12-6-7-13-29(28)37(43)47)34(35(38(48)52-2)31(21-40)42-24)30-20-25(44(50)51)14-15-32(30)53-18-9-8-16-41-22-26(45)23-55-27-10-4-3-5-11-27/h3-7,10-15,20,26,34,41-42,45H,8-9,16-19,22-23H2,1-2H3. The smallest absolute Gasteiger partial charge is 0.337 e. The zero-order valence-corrected chi connectivity index (χ0v) is 30.1. The predicted molar refractivity (Wildman–Crippen MR) is 195 cm³/mol. The van der Waals surface area contributed by atoms with Crippen molar-refractivity contribution in [2.45, 2.75) is 31.8 Å². The van der Waals surface area contributed by atoms with Gasteiger partial charge in [-0.3, -0.25) is 24.6 Å². The van der Waals surface area contributed by atoms with Gasteiger partial charge in [-0.2, -0.15) is 5.26 Å². The van der Waals surface area contributed by atoms with E-state index in [9.17, 15) is 39.7 Å². The lowest BCUT2D eigenvalue weighted by atomic mass is 9.79. The summed E-state index contributed by atoms with van der Waals surface area (Å²) in [6, 6.07) is 21.0. The molecule has 16 heteroatoms. The molecule has 2 amide bonds. The van der Waals surface area contributed by atoms with Crippen LogP contribution >= 0.6 is 0 Å². The van der Waals surface area contributed by atoms with Gasteiger partial charge >= 0.3 is 11.9 Å². The van der Waals surface area contributed by atoms with Crippen LogP contribution in [0.3, 0.4) is 0 Å². The number of methoxy groups -OCH3 is 1. The molecule has 0 fully saturated rings. The number of allylic oxidation sites excluding steroid dienone is 2. The lowest BCUT2D eigenvalue weighted by Crippen LogP contribution is -2.35. The molecule has 2 aliphatic heterocycles. The van der Waals surface area contributed by atoms with Gasteiger partial charge in [-0.25, -0.2) is 9.59 Å². The molecule has 2 atom stereocenters. The molecule has 0 aromatic heterocycles.